The molecule has 0 heterocycles. The van der Waals surface area contributed by atoms with E-state index >= 15 is 0 Å². The molecule has 1 aromatic rings. The zero-order chi connectivity index (χ0) is 13.5. The predicted octanol–water partition coefficient (Wildman–Crippen LogP) is 5.01. The number of aryl methyl sites for hydroxylation is 1. The van der Waals surface area contributed by atoms with Crippen molar-refractivity contribution < 1.29 is 4.74 Å². The van der Waals surface area contributed by atoms with Crippen molar-refractivity contribution in [1.82, 2.24) is 0 Å². The van der Waals surface area contributed by atoms with E-state index in [9.17, 15) is 0 Å². The van der Waals surface area contributed by atoms with Crippen molar-refractivity contribution in [2.24, 2.45) is 5.41 Å². The van der Waals surface area contributed by atoms with Crippen LogP contribution in [0.2, 0.25) is 0 Å². The third kappa shape index (κ3) is 1.98. The number of fused-ring (bicyclic) bond motifs is 3. The van der Waals surface area contributed by atoms with Crippen molar-refractivity contribution in [3.05, 3.63) is 29.3 Å². The topological polar surface area (TPSA) is 9.23 Å². The molecule has 3 aliphatic rings. The zero-order valence-corrected chi connectivity index (χ0v) is 12.6. The molecule has 2 bridgehead atoms. The van der Waals surface area contributed by atoms with Crippen molar-refractivity contribution in [1.29, 1.82) is 0 Å². The molecule has 3 saturated carbocycles. The van der Waals surface area contributed by atoms with E-state index in [4.69, 9.17) is 4.74 Å². The van der Waals surface area contributed by atoms with Gasteiger partial charge in [-0.25, -0.2) is 0 Å². The molecule has 3 aliphatic carbocycles. The quantitative estimate of drug-likeness (QED) is 0.741. The standard InChI is InChI=1S/C18H26O/c1-4-17-7-10-18(11-8-17,12-9-17)15-5-6-16(19-3)14(2)13-15/h5-6,13H,4,7-12H2,1-3H3. The Hall–Kier alpha value is -0.980. The summed E-state index contributed by atoms with van der Waals surface area (Å²) in [6.45, 7) is 4.55. The van der Waals surface area contributed by atoms with Crippen molar-refractivity contribution >= 4 is 0 Å². The molecule has 0 unspecified atom stereocenters. The molecule has 1 heteroatoms. The van der Waals surface area contributed by atoms with Crippen LogP contribution in [0.1, 0.15) is 63.0 Å². The first-order chi connectivity index (χ1) is 9.13. The summed E-state index contributed by atoms with van der Waals surface area (Å²) in [5.74, 6) is 1.02. The Morgan fingerprint density at radius 2 is 1.68 bits per heavy atom. The highest BCUT2D eigenvalue weighted by atomic mass is 16.5. The van der Waals surface area contributed by atoms with Gasteiger partial charge in [0.15, 0.2) is 0 Å². The molecule has 0 aliphatic heterocycles. The maximum absolute atomic E-state index is 5.40. The van der Waals surface area contributed by atoms with Gasteiger partial charge in [0, 0.05) is 0 Å². The molecule has 0 aromatic heterocycles. The zero-order valence-electron chi connectivity index (χ0n) is 12.6. The Kier molecular flexibility index (Phi) is 3.11. The fourth-order valence-electron chi connectivity index (χ4n) is 4.43. The molecule has 1 nitrogen and oxygen atoms in total. The van der Waals surface area contributed by atoms with Gasteiger partial charge in [0.2, 0.25) is 0 Å². The number of hydrogen-bond acceptors (Lipinski definition) is 1. The second kappa shape index (κ2) is 4.54. The van der Waals surface area contributed by atoms with E-state index in [1.807, 2.05) is 0 Å². The molecule has 0 saturated heterocycles. The van der Waals surface area contributed by atoms with E-state index in [2.05, 4.69) is 32.0 Å². The summed E-state index contributed by atoms with van der Waals surface area (Å²) >= 11 is 0. The fraction of sp³-hybridized carbons (Fsp3) is 0.667. The average molecular weight is 258 g/mol. The van der Waals surface area contributed by atoms with Crippen LogP contribution in [0.5, 0.6) is 5.75 Å². The van der Waals surface area contributed by atoms with Crippen LogP contribution in [-0.4, -0.2) is 7.11 Å². The summed E-state index contributed by atoms with van der Waals surface area (Å²) in [6.07, 6.45) is 9.88. The smallest absolute Gasteiger partial charge is 0.121 e. The molecule has 0 atom stereocenters. The Morgan fingerprint density at radius 1 is 1.05 bits per heavy atom. The Balaban J connectivity index is 1.89. The minimum atomic E-state index is 0.480. The predicted molar refractivity (Wildman–Crippen MR) is 79.8 cm³/mol. The van der Waals surface area contributed by atoms with Crippen molar-refractivity contribution in [2.75, 3.05) is 7.11 Å². The highest BCUT2D eigenvalue weighted by molar-refractivity contribution is 5.40. The van der Waals surface area contributed by atoms with E-state index in [1.165, 1.54) is 50.5 Å². The molecule has 4 rings (SSSR count). The van der Waals surface area contributed by atoms with E-state index in [-0.39, 0.29) is 0 Å². The van der Waals surface area contributed by atoms with Gasteiger partial charge >= 0.3 is 0 Å². The number of methoxy groups -OCH3 is 1. The van der Waals surface area contributed by atoms with Gasteiger partial charge in [-0.05, 0) is 73.5 Å². The van der Waals surface area contributed by atoms with Crippen LogP contribution >= 0.6 is 0 Å². The van der Waals surface area contributed by atoms with Crippen LogP contribution in [0, 0.1) is 12.3 Å². The Labute approximate surface area is 117 Å². The molecular weight excluding hydrogens is 232 g/mol. The summed E-state index contributed by atoms with van der Waals surface area (Å²) in [7, 11) is 1.76. The van der Waals surface area contributed by atoms with E-state index < -0.39 is 0 Å². The first-order valence-corrected chi connectivity index (χ1v) is 7.78. The molecule has 0 amide bonds. The summed E-state index contributed by atoms with van der Waals surface area (Å²) in [5, 5.41) is 0. The molecule has 19 heavy (non-hydrogen) atoms. The average Bonchev–Trinajstić information content (AvgIpc) is 2.49. The Bertz CT molecular complexity index is 450. The minimum absolute atomic E-state index is 0.480. The van der Waals surface area contributed by atoms with Crippen LogP contribution in [-0.2, 0) is 5.41 Å². The maximum Gasteiger partial charge on any atom is 0.121 e. The lowest BCUT2D eigenvalue weighted by atomic mass is 9.51. The van der Waals surface area contributed by atoms with E-state index in [1.54, 1.807) is 12.7 Å². The lowest BCUT2D eigenvalue weighted by molar-refractivity contribution is 0.0366. The number of ether oxygens (including phenoxy) is 1. The lowest BCUT2D eigenvalue weighted by Gasteiger charge is -2.54. The SMILES string of the molecule is CCC12CCC(c3ccc(OC)c(C)c3)(CC1)CC2. The van der Waals surface area contributed by atoms with Crippen LogP contribution < -0.4 is 4.74 Å². The Morgan fingerprint density at radius 3 is 2.16 bits per heavy atom. The van der Waals surface area contributed by atoms with Crippen LogP contribution in [0.3, 0.4) is 0 Å². The van der Waals surface area contributed by atoms with Gasteiger partial charge in [0.05, 0.1) is 7.11 Å². The molecule has 0 N–H and O–H groups in total. The fourth-order valence-corrected chi connectivity index (χ4v) is 4.43. The van der Waals surface area contributed by atoms with Crippen molar-refractivity contribution in [3.63, 3.8) is 0 Å². The molecule has 0 radical (unpaired) electrons. The summed E-state index contributed by atoms with van der Waals surface area (Å²) in [5.41, 5.74) is 4.03. The monoisotopic (exact) mass is 258 g/mol. The summed E-state index contributed by atoms with van der Waals surface area (Å²) in [4.78, 5) is 0. The summed E-state index contributed by atoms with van der Waals surface area (Å²) in [6, 6.07) is 6.86. The van der Waals surface area contributed by atoms with Gasteiger partial charge in [0.25, 0.3) is 0 Å². The largest absolute Gasteiger partial charge is 0.496 e. The molecule has 0 spiro atoms. The normalized spacial score (nSPS) is 33.4. The number of benzene rings is 1. The van der Waals surface area contributed by atoms with Gasteiger partial charge in [-0.15, -0.1) is 0 Å². The van der Waals surface area contributed by atoms with E-state index in [0.717, 1.165) is 5.75 Å². The molecule has 104 valence electrons. The van der Waals surface area contributed by atoms with Gasteiger partial charge < -0.3 is 4.74 Å². The molecular formula is C18H26O. The third-order valence-electron chi connectivity index (χ3n) is 6.16. The van der Waals surface area contributed by atoms with Gasteiger partial charge in [-0.3, -0.25) is 0 Å². The lowest BCUT2D eigenvalue weighted by Crippen LogP contribution is -2.43. The van der Waals surface area contributed by atoms with E-state index in [0.29, 0.717) is 10.8 Å². The number of rotatable bonds is 3. The van der Waals surface area contributed by atoms with Gasteiger partial charge in [-0.1, -0.05) is 25.5 Å². The van der Waals surface area contributed by atoms with Gasteiger partial charge in [-0.2, -0.15) is 0 Å². The van der Waals surface area contributed by atoms with Crippen LogP contribution in [0.25, 0.3) is 0 Å². The van der Waals surface area contributed by atoms with Crippen molar-refractivity contribution in [2.45, 2.75) is 64.2 Å². The van der Waals surface area contributed by atoms with Gasteiger partial charge in [0.1, 0.15) is 5.75 Å². The highest BCUT2D eigenvalue weighted by Crippen LogP contribution is 2.59. The second-order valence-electron chi connectivity index (χ2n) is 6.82. The summed E-state index contributed by atoms with van der Waals surface area (Å²) < 4.78 is 5.40. The highest BCUT2D eigenvalue weighted by Gasteiger charge is 2.48. The second-order valence-corrected chi connectivity index (χ2v) is 6.82. The number of hydrogen-bond donors (Lipinski definition) is 0. The first kappa shape index (κ1) is 13.0. The van der Waals surface area contributed by atoms with Crippen LogP contribution in [0.4, 0.5) is 0 Å². The minimum Gasteiger partial charge on any atom is -0.496 e. The van der Waals surface area contributed by atoms with Crippen LogP contribution in [0.15, 0.2) is 18.2 Å². The maximum atomic E-state index is 5.40. The molecule has 3 fully saturated rings. The molecule has 1 aromatic carbocycles. The third-order valence-corrected chi connectivity index (χ3v) is 6.16. The first-order valence-electron chi connectivity index (χ1n) is 7.78. The van der Waals surface area contributed by atoms with Crippen molar-refractivity contribution in [3.8, 4) is 5.75 Å².